The van der Waals surface area contributed by atoms with Crippen LogP contribution in [0.2, 0.25) is 0 Å². The Balaban J connectivity index is 2.20. The maximum atomic E-state index is 2.26. The molecule has 1 aliphatic heterocycles. The largest absolute Gasteiger partial charge is 0.212 e. The van der Waals surface area contributed by atoms with Crippen LogP contribution in [-0.2, 0) is 0 Å². The summed E-state index contributed by atoms with van der Waals surface area (Å²) in [6.45, 7) is 0. The lowest BCUT2D eigenvalue weighted by Crippen LogP contribution is -2.55. The van der Waals surface area contributed by atoms with Crippen molar-refractivity contribution in [3.63, 3.8) is 0 Å². The van der Waals surface area contributed by atoms with Gasteiger partial charge < -0.3 is 0 Å². The third kappa shape index (κ3) is 2.61. The normalized spacial score (nSPS) is 27.2. The molecule has 0 aromatic heterocycles. The Labute approximate surface area is 110 Å². The van der Waals surface area contributed by atoms with E-state index in [1.165, 1.54) is 5.56 Å². The SMILES string of the molecule is CN(C)[N+]1(C)C=CC=CC1C=Cc1ccccc1. The molecule has 2 rings (SSSR count). The van der Waals surface area contributed by atoms with Gasteiger partial charge in [-0.2, -0.15) is 5.01 Å². The van der Waals surface area contributed by atoms with Crippen LogP contribution in [0, 0.1) is 0 Å². The summed E-state index contributed by atoms with van der Waals surface area (Å²) in [4.78, 5) is 0. The molecule has 0 N–H and O–H groups in total. The molecular formula is C16H21N2+. The van der Waals surface area contributed by atoms with Gasteiger partial charge in [-0.05, 0) is 23.8 Å². The maximum absolute atomic E-state index is 2.26. The van der Waals surface area contributed by atoms with Gasteiger partial charge in [0.2, 0.25) is 0 Å². The quantitative estimate of drug-likeness (QED) is 0.735. The van der Waals surface area contributed by atoms with Crippen molar-refractivity contribution in [2.24, 2.45) is 0 Å². The lowest BCUT2D eigenvalue weighted by atomic mass is 10.1. The van der Waals surface area contributed by atoms with E-state index in [0.29, 0.717) is 6.04 Å². The van der Waals surface area contributed by atoms with Crippen molar-refractivity contribution in [1.82, 2.24) is 5.01 Å². The highest BCUT2D eigenvalue weighted by Gasteiger charge is 2.31. The Kier molecular flexibility index (Phi) is 3.80. The first-order chi connectivity index (χ1) is 8.63. The van der Waals surface area contributed by atoms with Gasteiger partial charge in [-0.25, -0.2) is 4.59 Å². The molecule has 0 fully saturated rings. The van der Waals surface area contributed by atoms with Crippen LogP contribution < -0.4 is 0 Å². The van der Waals surface area contributed by atoms with Gasteiger partial charge in [0, 0.05) is 14.1 Å². The van der Waals surface area contributed by atoms with Crippen molar-refractivity contribution in [3.05, 3.63) is 66.4 Å². The molecule has 0 spiro atoms. The smallest absolute Gasteiger partial charge is 0.149 e. The predicted octanol–water partition coefficient (Wildman–Crippen LogP) is 3.08. The maximum Gasteiger partial charge on any atom is 0.149 e. The Morgan fingerprint density at radius 1 is 1.11 bits per heavy atom. The van der Waals surface area contributed by atoms with E-state index in [0.717, 1.165) is 4.59 Å². The van der Waals surface area contributed by atoms with Crippen molar-refractivity contribution >= 4 is 6.08 Å². The molecular weight excluding hydrogens is 220 g/mol. The summed E-state index contributed by atoms with van der Waals surface area (Å²) in [7, 11) is 6.42. The van der Waals surface area contributed by atoms with Crippen LogP contribution in [-0.4, -0.2) is 36.8 Å². The summed E-state index contributed by atoms with van der Waals surface area (Å²) < 4.78 is 0.764. The predicted molar refractivity (Wildman–Crippen MR) is 77.4 cm³/mol. The Morgan fingerprint density at radius 3 is 2.50 bits per heavy atom. The second-order valence-corrected chi connectivity index (χ2v) is 4.93. The molecule has 0 amide bonds. The number of benzene rings is 1. The van der Waals surface area contributed by atoms with Gasteiger partial charge in [0.05, 0.1) is 7.05 Å². The zero-order valence-electron chi connectivity index (χ0n) is 11.3. The number of hydrogen-bond acceptors (Lipinski definition) is 1. The molecule has 1 aliphatic rings. The molecule has 0 saturated heterocycles. The van der Waals surface area contributed by atoms with Crippen molar-refractivity contribution in [1.29, 1.82) is 0 Å². The van der Waals surface area contributed by atoms with E-state index in [-0.39, 0.29) is 0 Å². The minimum absolute atomic E-state index is 0.338. The van der Waals surface area contributed by atoms with Gasteiger partial charge in [-0.1, -0.05) is 42.5 Å². The molecule has 2 nitrogen and oxygen atoms in total. The zero-order valence-corrected chi connectivity index (χ0v) is 11.3. The summed E-state index contributed by atoms with van der Waals surface area (Å²) in [6, 6.07) is 10.8. The number of quaternary nitrogens is 1. The topological polar surface area (TPSA) is 3.24 Å². The molecule has 94 valence electrons. The Bertz CT molecular complexity index is 471. The van der Waals surface area contributed by atoms with Crippen LogP contribution in [0.1, 0.15) is 5.56 Å². The molecule has 0 aliphatic carbocycles. The minimum atomic E-state index is 0.338. The first kappa shape index (κ1) is 12.8. The third-order valence-corrected chi connectivity index (χ3v) is 3.56. The zero-order chi connectivity index (χ0) is 13.0. The number of hydrogen-bond donors (Lipinski definition) is 0. The van der Waals surface area contributed by atoms with Crippen molar-refractivity contribution in [3.8, 4) is 0 Å². The first-order valence-corrected chi connectivity index (χ1v) is 6.26. The summed E-state index contributed by atoms with van der Waals surface area (Å²) in [5, 5.41) is 2.21. The van der Waals surface area contributed by atoms with Crippen LogP contribution in [0.15, 0.2) is 60.8 Å². The van der Waals surface area contributed by atoms with Gasteiger partial charge in [-0.3, -0.25) is 0 Å². The van der Waals surface area contributed by atoms with Gasteiger partial charge in [0.1, 0.15) is 12.2 Å². The van der Waals surface area contributed by atoms with Crippen LogP contribution in [0.3, 0.4) is 0 Å². The minimum Gasteiger partial charge on any atom is -0.212 e. The highest BCUT2D eigenvalue weighted by molar-refractivity contribution is 5.49. The van der Waals surface area contributed by atoms with E-state index in [4.69, 9.17) is 0 Å². The molecule has 0 saturated carbocycles. The van der Waals surface area contributed by atoms with E-state index in [9.17, 15) is 0 Å². The average molecular weight is 241 g/mol. The molecule has 1 aromatic rings. The summed E-state index contributed by atoms with van der Waals surface area (Å²) in [5.74, 6) is 0. The monoisotopic (exact) mass is 241 g/mol. The molecule has 2 heteroatoms. The van der Waals surface area contributed by atoms with Crippen LogP contribution >= 0.6 is 0 Å². The second-order valence-electron chi connectivity index (χ2n) is 4.93. The lowest BCUT2D eigenvalue weighted by molar-refractivity contribution is -0.980. The second kappa shape index (κ2) is 5.34. The van der Waals surface area contributed by atoms with Gasteiger partial charge in [0.25, 0.3) is 0 Å². The number of allylic oxidation sites excluding steroid dienone is 2. The number of rotatable bonds is 3. The summed E-state index contributed by atoms with van der Waals surface area (Å²) in [6.07, 6.45) is 13.1. The Morgan fingerprint density at radius 2 is 1.83 bits per heavy atom. The Hall–Kier alpha value is -1.64. The van der Waals surface area contributed by atoms with Gasteiger partial charge >= 0.3 is 0 Å². The van der Waals surface area contributed by atoms with Crippen molar-refractivity contribution < 1.29 is 4.59 Å². The van der Waals surface area contributed by atoms with Crippen molar-refractivity contribution in [2.45, 2.75) is 6.04 Å². The third-order valence-electron chi connectivity index (χ3n) is 3.56. The summed E-state index contributed by atoms with van der Waals surface area (Å²) >= 11 is 0. The van der Waals surface area contributed by atoms with E-state index in [1.54, 1.807) is 0 Å². The van der Waals surface area contributed by atoms with Gasteiger partial charge in [0.15, 0.2) is 0 Å². The summed E-state index contributed by atoms with van der Waals surface area (Å²) in [5.41, 5.74) is 1.24. The van der Waals surface area contributed by atoms with Gasteiger partial charge in [-0.15, -0.1) is 0 Å². The fourth-order valence-electron chi connectivity index (χ4n) is 2.09. The van der Waals surface area contributed by atoms with Crippen LogP contribution in [0.25, 0.3) is 6.08 Å². The first-order valence-electron chi connectivity index (χ1n) is 6.26. The average Bonchev–Trinajstić information content (AvgIpc) is 2.39. The molecule has 0 bridgehead atoms. The number of nitrogens with zero attached hydrogens (tertiary/aromatic N) is 2. The molecule has 0 radical (unpaired) electrons. The lowest BCUT2D eigenvalue weighted by Gasteiger charge is -2.40. The van der Waals surface area contributed by atoms with E-state index >= 15 is 0 Å². The van der Waals surface area contributed by atoms with E-state index in [1.807, 2.05) is 6.07 Å². The number of likely N-dealkylation sites (N-methyl/N-ethyl adjacent to an activating group) is 1. The molecule has 2 atom stereocenters. The van der Waals surface area contributed by atoms with Crippen LogP contribution in [0.5, 0.6) is 0 Å². The molecule has 2 unspecified atom stereocenters. The molecule has 1 aromatic carbocycles. The van der Waals surface area contributed by atoms with Crippen LogP contribution in [0.4, 0.5) is 0 Å². The molecule has 18 heavy (non-hydrogen) atoms. The highest BCUT2D eigenvalue weighted by atomic mass is 15.7. The van der Waals surface area contributed by atoms with E-state index < -0.39 is 0 Å². The fourth-order valence-corrected chi connectivity index (χ4v) is 2.09. The standard InChI is InChI=1S/C16H21N2/c1-17(2)18(3)14-8-7-11-16(18)13-12-15-9-5-4-6-10-15/h4-14,16H,1-3H3/q+1. The van der Waals surface area contributed by atoms with E-state index in [2.05, 4.69) is 87.0 Å². The molecule has 1 heterocycles. The fraction of sp³-hybridized carbons (Fsp3) is 0.250. The highest BCUT2D eigenvalue weighted by Crippen LogP contribution is 2.21. The van der Waals surface area contributed by atoms with Crippen molar-refractivity contribution in [2.75, 3.05) is 21.1 Å².